The van der Waals surface area contributed by atoms with Gasteiger partial charge in [0, 0.05) is 42.5 Å². The van der Waals surface area contributed by atoms with Crippen LogP contribution in [0.3, 0.4) is 0 Å². The zero-order valence-electron chi connectivity index (χ0n) is 23.0. The number of nitrogens with one attached hydrogen (secondary N) is 3. The topological polar surface area (TPSA) is 156 Å². The quantitative estimate of drug-likeness (QED) is 0.171. The van der Waals surface area contributed by atoms with E-state index in [1.165, 1.54) is 28.0 Å². The number of rotatable bonds is 9. The van der Waals surface area contributed by atoms with Crippen LogP contribution < -0.4 is 21.1 Å². The van der Waals surface area contributed by atoms with Crippen LogP contribution in [0.25, 0.3) is 10.2 Å². The standard InChI is InChI=1S/C24H30N6O3S.C3H7NO/c1-13(2)32-24(31)27-11-14(3)33-19-9-17(26)15(10-25)8-18(19)30-22-21-16-6-4-5-7-20(16)34-23(21)29-12-28-22;1-4(2)3-5/h8-10,12-14,25H,4-7,11,26H2,1-3H3,(H,27,31)(H,28,29,30);3H,1-2H3. The number of nitrogen functional groups attached to an aromatic ring is 1. The fourth-order valence-corrected chi connectivity index (χ4v) is 5.22. The van der Waals surface area contributed by atoms with Gasteiger partial charge < -0.3 is 36.2 Å². The highest BCUT2D eigenvalue weighted by Gasteiger charge is 2.21. The van der Waals surface area contributed by atoms with Crippen LogP contribution in [0.4, 0.5) is 22.0 Å². The third kappa shape index (κ3) is 8.03. The molecule has 0 radical (unpaired) electrons. The predicted molar refractivity (Wildman–Crippen MR) is 156 cm³/mol. The molecule has 1 aliphatic rings. The van der Waals surface area contributed by atoms with Crippen LogP contribution in [0.5, 0.6) is 5.75 Å². The molecule has 1 aromatic carbocycles. The Morgan fingerprint density at radius 2 is 1.95 bits per heavy atom. The third-order valence-electron chi connectivity index (χ3n) is 5.76. The third-order valence-corrected chi connectivity index (χ3v) is 6.96. The van der Waals surface area contributed by atoms with Crippen LogP contribution in [0.15, 0.2) is 18.5 Å². The molecule has 2 amide bonds. The SMILES string of the molecule is CC(C)OC(=O)NCC(C)Oc1cc(N)c(C=N)cc1Nc1ncnc2sc3c(c12)CCCC3.CN(C)C=O. The first-order valence-electron chi connectivity index (χ1n) is 12.8. The van der Waals surface area contributed by atoms with Crippen LogP contribution >= 0.6 is 11.3 Å². The summed E-state index contributed by atoms with van der Waals surface area (Å²) in [5.41, 5.74) is 9.09. The number of carbonyl (C=O) groups excluding carboxylic acids is 2. The van der Waals surface area contributed by atoms with Crippen molar-refractivity contribution in [1.29, 1.82) is 5.41 Å². The predicted octanol–water partition coefficient (Wildman–Crippen LogP) is 4.50. The van der Waals surface area contributed by atoms with E-state index in [0.29, 0.717) is 28.5 Å². The van der Waals surface area contributed by atoms with Crippen molar-refractivity contribution in [3.05, 3.63) is 34.5 Å². The summed E-state index contributed by atoms with van der Waals surface area (Å²) in [4.78, 5) is 34.1. The maximum Gasteiger partial charge on any atom is 0.407 e. The number of aromatic nitrogens is 2. The van der Waals surface area contributed by atoms with Crippen molar-refractivity contribution in [1.82, 2.24) is 20.2 Å². The van der Waals surface area contributed by atoms with Crippen molar-refractivity contribution in [3.8, 4) is 5.75 Å². The Morgan fingerprint density at radius 1 is 1.23 bits per heavy atom. The molecule has 2 aromatic heterocycles. The minimum atomic E-state index is -0.493. The van der Waals surface area contributed by atoms with Crippen molar-refractivity contribution in [2.24, 2.45) is 0 Å². The smallest absolute Gasteiger partial charge is 0.407 e. The second-order valence-corrected chi connectivity index (χ2v) is 10.8. The van der Waals surface area contributed by atoms with E-state index in [1.54, 1.807) is 57.7 Å². The minimum absolute atomic E-state index is 0.201. The molecule has 0 fully saturated rings. The van der Waals surface area contributed by atoms with E-state index >= 15 is 0 Å². The number of benzene rings is 1. The number of carbonyl (C=O) groups is 2. The van der Waals surface area contributed by atoms with E-state index in [-0.39, 0.29) is 18.8 Å². The van der Waals surface area contributed by atoms with Crippen LogP contribution in [0, 0.1) is 5.41 Å². The molecule has 1 unspecified atom stereocenters. The fourth-order valence-electron chi connectivity index (χ4n) is 3.99. The van der Waals surface area contributed by atoms with E-state index < -0.39 is 6.09 Å². The Hall–Kier alpha value is -3.93. The van der Waals surface area contributed by atoms with Gasteiger partial charge in [0.2, 0.25) is 6.41 Å². The van der Waals surface area contributed by atoms with E-state index in [1.807, 2.05) is 6.92 Å². The summed E-state index contributed by atoms with van der Waals surface area (Å²) in [6.07, 6.45) is 6.92. The molecule has 12 heteroatoms. The summed E-state index contributed by atoms with van der Waals surface area (Å²) in [5, 5.41) is 14.9. The summed E-state index contributed by atoms with van der Waals surface area (Å²) in [5.74, 6) is 1.21. The van der Waals surface area contributed by atoms with Gasteiger partial charge in [-0.05, 0) is 58.1 Å². The van der Waals surface area contributed by atoms with Gasteiger partial charge in [0.15, 0.2) is 0 Å². The largest absolute Gasteiger partial charge is 0.487 e. The van der Waals surface area contributed by atoms with E-state index in [4.69, 9.17) is 20.6 Å². The molecule has 0 saturated heterocycles. The summed E-state index contributed by atoms with van der Waals surface area (Å²) >= 11 is 1.73. The number of amides is 2. The maximum atomic E-state index is 11.8. The Kier molecular flexibility index (Phi) is 10.4. The molecular weight excluding hydrogens is 518 g/mol. The first-order valence-corrected chi connectivity index (χ1v) is 13.6. The highest BCUT2D eigenvalue weighted by molar-refractivity contribution is 7.19. The zero-order valence-corrected chi connectivity index (χ0v) is 23.9. The first kappa shape index (κ1) is 29.6. The lowest BCUT2D eigenvalue weighted by atomic mass is 9.97. The molecular formula is C27H37N7O4S. The number of aryl methyl sites for hydroxylation is 2. The second-order valence-electron chi connectivity index (χ2n) is 9.69. The van der Waals surface area contributed by atoms with Gasteiger partial charge in [0.25, 0.3) is 0 Å². The molecule has 39 heavy (non-hydrogen) atoms. The molecule has 1 aliphatic carbocycles. The average Bonchev–Trinajstić information content (AvgIpc) is 3.28. The average molecular weight is 556 g/mol. The van der Waals surface area contributed by atoms with Crippen molar-refractivity contribution in [2.45, 2.75) is 58.7 Å². The molecule has 0 saturated carbocycles. The van der Waals surface area contributed by atoms with E-state index in [2.05, 4.69) is 20.6 Å². The minimum Gasteiger partial charge on any atom is -0.487 e. The highest BCUT2D eigenvalue weighted by atomic mass is 32.1. The number of ether oxygens (including phenoxy) is 2. The number of fused-ring (bicyclic) bond motifs is 3. The Labute approximate surface area is 232 Å². The lowest BCUT2D eigenvalue weighted by molar-refractivity contribution is -0.115. The monoisotopic (exact) mass is 555 g/mol. The maximum absolute atomic E-state index is 11.8. The molecule has 11 nitrogen and oxygen atoms in total. The van der Waals surface area contributed by atoms with Crippen LogP contribution in [0.1, 0.15) is 49.6 Å². The van der Waals surface area contributed by atoms with Gasteiger partial charge in [-0.3, -0.25) is 4.79 Å². The highest BCUT2D eigenvalue weighted by Crippen LogP contribution is 2.40. The van der Waals surface area contributed by atoms with Crippen molar-refractivity contribution < 1.29 is 19.1 Å². The first-order chi connectivity index (χ1) is 18.6. The van der Waals surface area contributed by atoms with Gasteiger partial charge in [-0.25, -0.2) is 14.8 Å². The molecule has 0 spiro atoms. The Bertz CT molecular complexity index is 1310. The number of nitrogens with two attached hydrogens (primary N) is 1. The van der Waals surface area contributed by atoms with Gasteiger partial charge in [-0.2, -0.15) is 0 Å². The zero-order chi connectivity index (χ0) is 28.5. The number of thiophene rings is 1. The van der Waals surface area contributed by atoms with E-state index in [0.717, 1.165) is 35.9 Å². The summed E-state index contributed by atoms with van der Waals surface area (Å²) in [7, 11) is 3.38. The molecule has 1 atom stereocenters. The van der Waals surface area contributed by atoms with Crippen molar-refractivity contribution in [2.75, 3.05) is 31.7 Å². The molecule has 5 N–H and O–H groups in total. The lowest BCUT2D eigenvalue weighted by Crippen LogP contribution is -2.35. The lowest BCUT2D eigenvalue weighted by Gasteiger charge is -2.20. The van der Waals surface area contributed by atoms with Gasteiger partial charge in [0.1, 0.15) is 28.8 Å². The molecule has 0 aliphatic heterocycles. The molecule has 4 rings (SSSR count). The number of anilines is 3. The van der Waals surface area contributed by atoms with Crippen LogP contribution in [-0.4, -0.2) is 66.4 Å². The molecule has 2 heterocycles. The summed E-state index contributed by atoms with van der Waals surface area (Å²) < 4.78 is 11.2. The van der Waals surface area contributed by atoms with Gasteiger partial charge in [-0.15, -0.1) is 11.3 Å². The number of nitrogens with zero attached hydrogens (tertiary/aromatic N) is 3. The van der Waals surface area contributed by atoms with Crippen LogP contribution in [-0.2, 0) is 22.4 Å². The fraction of sp³-hybridized carbons (Fsp3) is 0.444. The number of alkyl carbamates (subject to hydrolysis) is 1. The number of hydrogen-bond acceptors (Lipinski definition) is 10. The van der Waals surface area contributed by atoms with E-state index in [9.17, 15) is 9.59 Å². The van der Waals surface area contributed by atoms with Gasteiger partial charge in [-0.1, -0.05) is 0 Å². The molecule has 0 bridgehead atoms. The van der Waals surface area contributed by atoms with Crippen molar-refractivity contribution >= 4 is 57.5 Å². The Balaban J connectivity index is 0.000000771. The normalized spacial score (nSPS) is 13.0. The molecule has 210 valence electrons. The van der Waals surface area contributed by atoms with Gasteiger partial charge in [0.05, 0.1) is 23.7 Å². The van der Waals surface area contributed by atoms with Crippen molar-refractivity contribution in [3.63, 3.8) is 0 Å². The van der Waals surface area contributed by atoms with Crippen LogP contribution in [0.2, 0.25) is 0 Å². The van der Waals surface area contributed by atoms with Gasteiger partial charge >= 0.3 is 6.09 Å². The molecule has 3 aromatic rings. The second kappa shape index (κ2) is 13.7. The summed E-state index contributed by atoms with van der Waals surface area (Å²) in [6.45, 7) is 5.69. The number of hydrogen-bond donors (Lipinski definition) is 4. The summed E-state index contributed by atoms with van der Waals surface area (Å²) in [6, 6.07) is 3.46. The Morgan fingerprint density at radius 3 is 2.62 bits per heavy atom.